The zero-order valence-electron chi connectivity index (χ0n) is 10.3. The minimum Gasteiger partial charge on any atom is -0.369 e. The van der Waals surface area contributed by atoms with Crippen LogP contribution in [0.15, 0.2) is 18.2 Å². The smallest absolute Gasteiger partial charge is 0.0642 e. The molecule has 4 heteroatoms. The van der Waals surface area contributed by atoms with Gasteiger partial charge in [-0.2, -0.15) is 0 Å². The molecular weight excluding hydrogens is 300 g/mol. The van der Waals surface area contributed by atoms with Crippen molar-refractivity contribution in [2.75, 3.05) is 32.1 Å². The van der Waals surface area contributed by atoms with Crippen LogP contribution >= 0.6 is 27.5 Å². The van der Waals surface area contributed by atoms with Gasteiger partial charge in [-0.1, -0.05) is 33.6 Å². The SMILES string of the molecule is CN(C)C1CCN(c2ccc(CBr)cc2Cl)C1. The molecule has 0 spiro atoms. The van der Waals surface area contributed by atoms with Crippen LogP contribution in [0.5, 0.6) is 0 Å². The Morgan fingerprint density at radius 3 is 2.76 bits per heavy atom. The van der Waals surface area contributed by atoms with E-state index in [0.717, 1.165) is 23.4 Å². The fraction of sp³-hybridized carbons (Fsp3) is 0.538. The second-order valence-electron chi connectivity index (χ2n) is 4.77. The Morgan fingerprint density at radius 2 is 2.24 bits per heavy atom. The topological polar surface area (TPSA) is 6.48 Å². The lowest BCUT2D eigenvalue weighted by Gasteiger charge is -2.22. The number of hydrogen-bond donors (Lipinski definition) is 0. The van der Waals surface area contributed by atoms with E-state index in [1.807, 2.05) is 0 Å². The number of hydrogen-bond acceptors (Lipinski definition) is 2. The Balaban J connectivity index is 2.13. The number of likely N-dealkylation sites (N-methyl/N-ethyl adjacent to an activating group) is 1. The third-order valence-electron chi connectivity index (χ3n) is 3.40. The summed E-state index contributed by atoms with van der Waals surface area (Å²) < 4.78 is 0. The fourth-order valence-electron chi connectivity index (χ4n) is 2.27. The highest BCUT2D eigenvalue weighted by Crippen LogP contribution is 2.30. The average Bonchev–Trinajstić information content (AvgIpc) is 2.78. The van der Waals surface area contributed by atoms with Crippen molar-refractivity contribution in [3.63, 3.8) is 0 Å². The highest BCUT2D eigenvalue weighted by Gasteiger charge is 2.25. The van der Waals surface area contributed by atoms with Crippen molar-refractivity contribution in [3.8, 4) is 0 Å². The van der Waals surface area contributed by atoms with E-state index in [0.29, 0.717) is 6.04 Å². The van der Waals surface area contributed by atoms with Crippen LogP contribution in [-0.2, 0) is 5.33 Å². The number of rotatable bonds is 3. The van der Waals surface area contributed by atoms with Gasteiger partial charge in [0, 0.05) is 24.5 Å². The van der Waals surface area contributed by atoms with Gasteiger partial charge in [-0.3, -0.25) is 0 Å². The second-order valence-corrected chi connectivity index (χ2v) is 5.74. The molecule has 0 amide bonds. The normalized spacial score (nSPS) is 20.3. The van der Waals surface area contributed by atoms with Gasteiger partial charge < -0.3 is 9.80 Å². The van der Waals surface area contributed by atoms with Crippen molar-refractivity contribution in [3.05, 3.63) is 28.8 Å². The van der Waals surface area contributed by atoms with E-state index in [1.165, 1.54) is 17.7 Å². The van der Waals surface area contributed by atoms with Gasteiger partial charge in [0.25, 0.3) is 0 Å². The van der Waals surface area contributed by atoms with Crippen LogP contribution < -0.4 is 4.90 Å². The first-order chi connectivity index (χ1) is 8.11. The third kappa shape index (κ3) is 2.95. The van der Waals surface area contributed by atoms with E-state index < -0.39 is 0 Å². The predicted octanol–water partition coefficient (Wildman–Crippen LogP) is 3.38. The van der Waals surface area contributed by atoms with E-state index in [4.69, 9.17) is 11.6 Å². The first-order valence-corrected chi connectivity index (χ1v) is 7.37. The largest absolute Gasteiger partial charge is 0.369 e. The first-order valence-electron chi connectivity index (χ1n) is 5.87. The highest BCUT2D eigenvalue weighted by atomic mass is 79.9. The quantitative estimate of drug-likeness (QED) is 0.789. The molecule has 1 aliphatic heterocycles. The maximum Gasteiger partial charge on any atom is 0.0642 e. The molecule has 1 aromatic carbocycles. The summed E-state index contributed by atoms with van der Waals surface area (Å²) in [7, 11) is 4.29. The number of alkyl halides is 1. The molecule has 0 bridgehead atoms. The summed E-state index contributed by atoms with van der Waals surface area (Å²) in [6.45, 7) is 2.16. The van der Waals surface area contributed by atoms with Crippen LogP contribution in [0, 0.1) is 0 Å². The van der Waals surface area contributed by atoms with Gasteiger partial charge in [0.2, 0.25) is 0 Å². The summed E-state index contributed by atoms with van der Waals surface area (Å²) in [5.41, 5.74) is 2.39. The predicted molar refractivity (Wildman–Crippen MR) is 78.4 cm³/mol. The highest BCUT2D eigenvalue weighted by molar-refractivity contribution is 9.08. The zero-order valence-corrected chi connectivity index (χ0v) is 12.6. The van der Waals surface area contributed by atoms with Crippen LogP contribution in [-0.4, -0.2) is 38.1 Å². The molecule has 94 valence electrons. The Bertz CT molecular complexity index is 395. The van der Waals surface area contributed by atoms with Crippen molar-refractivity contribution < 1.29 is 0 Å². The molecule has 1 fully saturated rings. The van der Waals surface area contributed by atoms with Crippen molar-refractivity contribution in [2.45, 2.75) is 17.8 Å². The Morgan fingerprint density at radius 1 is 1.47 bits per heavy atom. The van der Waals surface area contributed by atoms with Crippen molar-refractivity contribution >= 4 is 33.2 Å². The van der Waals surface area contributed by atoms with E-state index in [2.05, 4.69) is 58.0 Å². The molecular formula is C13H18BrClN2. The zero-order chi connectivity index (χ0) is 12.4. The summed E-state index contributed by atoms with van der Waals surface area (Å²) in [6, 6.07) is 6.96. The van der Waals surface area contributed by atoms with Gasteiger partial charge in [0.1, 0.15) is 0 Å². The monoisotopic (exact) mass is 316 g/mol. The van der Waals surface area contributed by atoms with Crippen LogP contribution in [0.3, 0.4) is 0 Å². The van der Waals surface area contributed by atoms with Crippen LogP contribution in [0.25, 0.3) is 0 Å². The van der Waals surface area contributed by atoms with Crippen molar-refractivity contribution in [1.82, 2.24) is 4.90 Å². The lowest BCUT2D eigenvalue weighted by Crippen LogP contribution is -2.31. The second kappa shape index (κ2) is 5.59. The van der Waals surface area contributed by atoms with Gasteiger partial charge in [-0.25, -0.2) is 0 Å². The molecule has 1 unspecified atom stereocenters. The third-order valence-corrected chi connectivity index (χ3v) is 4.35. The Hall–Kier alpha value is -0.250. The van der Waals surface area contributed by atoms with E-state index in [-0.39, 0.29) is 0 Å². The van der Waals surface area contributed by atoms with Crippen molar-refractivity contribution in [2.24, 2.45) is 0 Å². The Kier molecular flexibility index (Phi) is 4.34. The summed E-state index contributed by atoms with van der Waals surface area (Å²) >= 11 is 9.79. The van der Waals surface area contributed by atoms with Crippen LogP contribution in [0.2, 0.25) is 5.02 Å². The lowest BCUT2D eigenvalue weighted by atomic mass is 10.2. The number of anilines is 1. The molecule has 1 heterocycles. The summed E-state index contributed by atoms with van der Waals surface area (Å²) in [4.78, 5) is 4.67. The number of halogens is 2. The van der Waals surface area contributed by atoms with Gasteiger partial charge in [-0.05, 0) is 38.2 Å². The first kappa shape index (κ1) is 13.2. The van der Waals surface area contributed by atoms with E-state index >= 15 is 0 Å². The standard InChI is InChI=1S/C13H18BrClN2/c1-16(2)11-5-6-17(9-11)13-4-3-10(8-14)7-12(13)15/h3-4,7,11H,5-6,8-9H2,1-2H3. The molecule has 0 radical (unpaired) electrons. The minimum atomic E-state index is 0.641. The van der Waals surface area contributed by atoms with Gasteiger partial charge >= 0.3 is 0 Å². The summed E-state index contributed by atoms with van der Waals surface area (Å²) in [5.74, 6) is 0. The summed E-state index contributed by atoms with van der Waals surface area (Å²) in [5, 5.41) is 1.72. The van der Waals surface area contributed by atoms with E-state index in [9.17, 15) is 0 Å². The molecule has 17 heavy (non-hydrogen) atoms. The van der Waals surface area contributed by atoms with Crippen LogP contribution in [0.4, 0.5) is 5.69 Å². The maximum absolute atomic E-state index is 6.34. The Labute approximate surface area is 117 Å². The molecule has 2 rings (SSSR count). The molecule has 2 nitrogen and oxygen atoms in total. The van der Waals surface area contributed by atoms with Gasteiger partial charge in [0.15, 0.2) is 0 Å². The van der Waals surface area contributed by atoms with E-state index in [1.54, 1.807) is 0 Å². The molecule has 1 aromatic rings. The van der Waals surface area contributed by atoms with Crippen molar-refractivity contribution in [1.29, 1.82) is 0 Å². The molecule has 1 saturated heterocycles. The average molecular weight is 318 g/mol. The molecule has 1 atom stereocenters. The fourth-order valence-corrected chi connectivity index (χ4v) is 2.94. The minimum absolute atomic E-state index is 0.641. The van der Waals surface area contributed by atoms with Gasteiger partial charge in [0.05, 0.1) is 10.7 Å². The van der Waals surface area contributed by atoms with Crippen LogP contribution in [0.1, 0.15) is 12.0 Å². The molecule has 1 aliphatic rings. The molecule has 0 saturated carbocycles. The number of benzene rings is 1. The van der Waals surface area contributed by atoms with Gasteiger partial charge in [-0.15, -0.1) is 0 Å². The molecule has 0 N–H and O–H groups in total. The maximum atomic E-state index is 6.34. The molecule has 0 aromatic heterocycles. The molecule has 0 aliphatic carbocycles. The summed E-state index contributed by atoms with van der Waals surface area (Å²) in [6.07, 6.45) is 1.21. The number of nitrogens with zero attached hydrogens (tertiary/aromatic N) is 2. The lowest BCUT2D eigenvalue weighted by molar-refractivity contribution is 0.315.